The third kappa shape index (κ3) is 4.29. The average Bonchev–Trinajstić information content (AvgIpc) is 3.09. The summed E-state index contributed by atoms with van der Waals surface area (Å²) in [6.45, 7) is 4.20. The van der Waals surface area contributed by atoms with Gasteiger partial charge in [-0.25, -0.2) is 0 Å². The van der Waals surface area contributed by atoms with E-state index in [-0.39, 0.29) is 18.9 Å². The van der Waals surface area contributed by atoms with Crippen molar-refractivity contribution in [2.45, 2.75) is 32.2 Å². The van der Waals surface area contributed by atoms with Gasteiger partial charge in [-0.3, -0.25) is 9.59 Å². The van der Waals surface area contributed by atoms with Crippen LogP contribution in [0.2, 0.25) is 0 Å². The molecule has 0 aliphatic carbocycles. The molecule has 2 aromatic carbocycles. The normalized spacial score (nSPS) is 15.8. The number of carboxylic acids is 1. The van der Waals surface area contributed by atoms with Crippen LogP contribution in [0.1, 0.15) is 40.6 Å². The molecule has 1 heterocycles. The number of hydrogen-bond donors (Lipinski definition) is 2. The highest BCUT2D eigenvalue weighted by Gasteiger charge is 2.33. The summed E-state index contributed by atoms with van der Waals surface area (Å²) < 4.78 is 16.3. The number of amides is 1. The lowest BCUT2D eigenvalue weighted by atomic mass is 9.95. The van der Waals surface area contributed by atoms with Crippen molar-refractivity contribution in [3.63, 3.8) is 0 Å². The second-order valence-electron chi connectivity index (χ2n) is 7.10. The van der Waals surface area contributed by atoms with Crippen LogP contribution < -0.4 is 19.5 Å². The SMILES string of the molecule is COc1ccc(C(CC(=O)O)NC(=O)C2COc3cc(C)c(C)cc32)c(OC)c1. The number of benzene rings is 2. The van der Waals surface area contributed by atoms with Crippen LogP contribution in [0.3, 0.4) is 0 Å². The number of nitrogens with one attached hydrogen (secondary N) is 1. The van der Waals surface area contributed by atoms with Crippen LogP contribution in [0, 0.1) is 13.8 Å². The number of fused-ring (bicyclic) bond motifs is 1. The van der Waals surface area contributed by atoms with Crippen molar-refractivity contribution in [3.8, 4) is 17.2 Å². The van der Waals surface area contributed by atoms with E-state index in [1.807, 2.05) is 26.0 Å². The number of aliphatic carboxylic acids is 1. The Kier molecular flexibility index (Phi) is 5.96. The van der Waals surface area contributed by atoms with E-state index in [4.69, 9.17) is 14.2 Å². The van der Waals surface area contributed by atoms with Gasteiger partial charge in [0.25, 0.3) is 0 Å². The largest absolute Gasteiger partial charge is 0.497 e. The van der Waals surface area contributed by atoms with Gasteiger partial charge >= 0.3 is 5.97 Å². The monoisotopic (exact) mass is 399 g/mol. The zero-order chi connectivity index (χ0) is 21.1. The lowest BCUT2D eigenvalue weighted by molar-refractivity contribution is -0.137. The molecule has 2 aromatic rings. The third-order valence-corrected chi connectivity index (χ3v) is 5.23. The molecule has 0 bridgehead atoms. The number of carboxylic acid groups (broad SMARTS) is 1. The molecule has 7 heteroatoms. The van der Waals surface area contributed by atoms with Gasteiger partial charge in [-0.2, -0.15) is 0 Å². The quantitative estimate of drug-likeness (QED) is 0.743. The molecule has 2 N–H and O–H groups in total. The van der Waals surface area contributed by atoms with Crippen molar-refractivity contribution < 1.29 is 28.9 Å². The van der Waals surface area contributed by atoms with E-state index in [0.29, 0.717) is 22.8 Å². The topological polar surface area (TPSA) is 94.1 Å². The molecule has 0 aromatic heterocycles. The van der Waals surface area contributed by atoms with Gasteiger partial charge in [-0.05, 0) is 43.2 Å². The molecule has 2 unspecified atom stereocenters. The van der Waals surface area contributed by atoms with Gasteiger partial charge < -0.3 is 24.6 Å². The summed E-state index contributed by atoms with van der Waals surface area (Å²) in [5.41, 5.74) is 3.56. The van der Waals surface area contributed by atoms with E-state index in [1.165, 1.54) is 14.2 Å². The van der Waals surface area contributed by atoms with Gasteiger partial charge in [0.2, 0.25) is 5.91 Å². The Labute approximate surface area is 169 Å². The average molecular weight is 399 g/mol. The van der Waals surface area contributed by atoms with Crippen molar-refractivity contribution in [2.24, 2.45) is 0 Å². The molecule has 0 fully saturated rings. The van der Waals surface area contributed by atoms with Crippen LogP contribution in [0.25, 0.3) is 0 Å². The molecule has 29 heavy (non-hydrogen) atoms. The van der Waals surface area contributed by atoms with Crippen molar-refractivity contribution in [1.29, 1.82) is 0 Å². The standard InChI is InChI=1S/C22H25NO6/c1-12-7-16-17(11-29-20(16)8-13(12)2)22(26)23-18(10-21(24)25)15-6-5-14(27-3)9-19(15)28-4/h5-9,17-18H,10-11H2,1-4H3,(H,23,26)(H,24,25). The van der Waals surface area contributed by atoms with Gasteiger partial charge in [0, 0.05) is 17.2 Å². The summed E-state index contributed by atoms with van der Waals surface area (Å²) in [6, 6.07) is 8.21. The molecule has 2 atom stereocenters. The zero-order valence-electron chi connectivity index (χ0n) is 16.9. The Morgan fingerprint density at radius 2 is 1.90 bits per heavy atom. The van der Waals surface area contributed by atoms with Crippen LogP contribution in [-0.2, 0) is 9.59 Å². The van der Waals surface area contributed by atoms with E-state index >= 15 is 0 Å². The number of carbonyl (C=O) groups is 2. The Bertz CT molecular complexity index is 939. The van der Waals surface area contributed by atoms with E-state index in [0.717, 1.165) is 16.7 Å². The lowest BCUT2D eigenvalue weighted by Crippen LogP contribution is -2.35. The van der Waals surface area contributed by atoms with E-state index < -0.39 is 17.9 Å². The molecular formula is C22H25NO6. The second kappa shape index (κ2) is 8.43. The van der Waals surface area contributed by atoms with Crippen LogP contribution in [-0.4, -0.2) is 37.8 Å². The summed E-state index contributed by atoms with van der Waals surface area (Å²) in [7, 11) is 3.02. The summed E-state index contributed by atoms with van der Waals surface area (Å²) in [5.74, 6) is -0.0749. The highest BCUT2D eigenvalue weighted by atomic mass is 16.5. The molecule has 7 nitrogen and oxygen atoms in total. The first-order chi connectivity index (χ1) is 13.8. The third-order valence-electron chi connectivity index (χ3n) is 5.23. The van der Waals surface area contributed by atoms with Gasteiger partial charge in [-0.15, -0.1) is 0 Å². The highest BCUT2D eigenvalue weighted by molar-refractivity contribution is 5.86. The summed E-state index contributed by atoms with van der Waals surface area (Å²) in [5, 5.41) is 12.2. The number of hydrogen-bond acceptors (Lipinski definition) is 5. The first-order valence-corrected chi connectivity index (χ1v) is 9.32. The second-order valence-corrected chi connectivity index (χ2v) is 7.10. The number of carbonyl (C=O) groups excluding carboxylic acids is 1. The number of methoxy groups -OCH3 is 2. The van der Waals surface area contributed by atoms with Gasteiger partial charge in [0.1, 0.15) is 29.8 Å². The predicted octanol–water partition coefficient (Wildman–Crippen LogP) is 3.13. The minimum Gasteiger partial charge on any atom is -0.497 e. The first kappa shape index (κ1) is 20.5. The summed E-state index contributed by atoms with van der Waals surface area (Å²) in [6.07, 6.45) is -0.276. The molecule has 1 amide bonds. The zero-order valence-corrected chi connectivity index (χ0v) is 16.9. The molecular weight excluding hydrogens is 374 g/mol. The van der Waals surface area contributed by atoms with Gasteiger partial charge in [-0.1, -0.05) is 6.07 Å². The lowest BCUT2D eigenvalue weighted by Gasteiger charge is -2.22. The smallest absolute Gasteiger partial charge is 0.305 e. The van der Waals surface area contributed by atoms with Crippen LogP contribution in [0.15, 0.2) is 30.3 Å². The van der Waals surface area contributed by atoms with Crippen LogP contribution >= 0.6 is 0 Å². The van der Waals surface area contributed by atoms with Crippen molar-refractivity contribution in [2.75, 3.05) is 20.8 Å². The molecule has 0 spiro atoms. The van der Waals surface area contributed by atoms with E-state index in [2.05, 4.69) is 5.32 Å². The summed E-state index contributed by atoms with van der Waals surface area (Å²) in [4.78, 5) is 24.5. The fourth-order valence-electron chi connectivity index (χ4n) is 3.48. The minimum atomic E-state index is -1.03. The number of ether oxygens (including phenoxy) is 3. The Hall–Kier alpha value is -3.22. The molecule has 1 aliphatic rings. The molecule has 0 saturated heterocycles. The van der Waals surface area contributed by atoms with Crippen LogP contribution in [0.5, 0.6) is 17.2 Å². The maximum atomic E-state index is 13.0. The van der Waals surface area contributed by atoms with Gasteiger partial charge in [0.15, 0.2) is 0 Å². The maximum Gasteiger partial charge on any atom is 0.305 e. The van der Waals surface area contributed by atoms with Crippen molar-refractivity contribution in [1.82, 2.24) is 5.32 Å². The predicted molar refractivity (Wildman–Crippen MR) is 107 cm³/mol. The minimum absolute atomic E-state index is 0.226. The van der Waals surface area contributed by atoms with Crippen molar-refractivity contribution in [3.05, 3.63) is 52.6 Å². The molecule has 3 rings (SSSR count). The number of rotatable bonds is 7. The molecule has 1 aliphatic heterocycles. The highest BCUT2D eigenvalue weighted by Crippen LogP contribution is 2.37. The fraction of sp³-hybridized carbons (Fsp3) is 0.364. The molecule has 0 saturated carbocycles. The Balaban J connectivity index is 1.88. The van der Waals surface area contributed by atoms with E-state index in [1.54, 1.807) is 18.2 Å². The van der Waals surface area contributed by atoms with E-state index in [9.17, 15) is 14.7 Å². The first-order valence-electron chi connectivity index (χ1n) is 9.32. The van der Waals surface area contributed by atoms with Crippen molar-refractivity contribution >= 4 is 11.9 Å². The Morgan fingerprint density at radius 1 is 1.17 bits per heavy atom. The van der Waals surface area contributed by atoms with Gasteiger partial charge in [0.05, 0.1) is 26.7 Å². The Morgan fingerprint density at radius 3 is 2.55 bits per heavy atom. The molecule has 154 valence electrons. The fourth-order valence-corrected chi connectivity index (χ4v) is 3.48. The van der Waals surface area contributed by atoms with Crippen LogP contribution in [0.4, 0.5) is 0 Å². The summed E-state index contributed by atoms with van der Waals surface area (Å²) >= 11 is 0. The number of aryl methyl sites for hydroxylation is 2. The maximum absolute atomic E-state index is 13.0. The molecule has 0 radical (unpaired) electrons.